The molecule has 1 saturated carbocycles. The van der Waals surface area contributed by atoms with Crippen LogP contribution in [0.3, 0.4) is 0 Å². The molecule has 0 spiro atoms. The van der Waals surface area contributed by atoms with Crippen molar-refractivity contribution < 1.29 is 63.7 Å². The van der Waals surface area contributed by atoms with E-state index >= 15 is 0 Å². The monoisotopic (exact) mass is 553 g/mol. The predicted octanol–water partition coefficient (Wildman–Crippen LogP) is -3.43. The van der Waals surface area contributed by atoms with Crippen molar-refractivity contribution in [3.05, 3.63) is 30.1 Å². The van der Waals surface area contributed by atoms with Gasteiger partial charge in [0.2, 0.25) is 11.8 Å². The van der Waals surface area contributed by atoms with Gasteiger partial charge < -0.3 is 36.3 Å². The maximum Gasteiger partial charge on any atom is 1.00 e. The topological polar surface area (TPSA) is 195 Å². The molecule has 2 heterocycles. The molecule has 5 atom stereocenters. The minimum atomic E-state index is -1.40. The minimum absolute atomic E-state index is 0. The molecule has 3 amide bonds. The fraction of sp³-hybridized carbons (Fsp3) is 0.615. The van der Waals surface area contributed by atoms with Crippen molar-refractivity contribution in [3.63, 3.8) is 0 Å². The number of hydrogen-bond acceptors (Lipinski definition) is 8. The first-order valence-electron chi connectivity index (χ1n) is 13.2. The van der Waals surface area contributed by atoms with Crippen LogP contribution in [0.4, 0.5) is 0 Å². The number of aliphatic carboxylic acids is 2. The van der Waals surface area contributed by atoms with Crippen LogP contribution in [0.1, 0.15) is 74.6 Å². The second kappa shape index (κ2) is 15.9. The molecule has 1 aliphatic carbocycles. The third-order valence-electron chi connectivity index (χ3n) is 7.40. The molecule has 1 saturated heterocycles. The van der Waals surface area contributed by atoms with Crippen molar-refractivity contribution >= 4 is 29.7 Å². The summed E-state index contributed by atoms with van der Waals surface area (Å²) >= 11 is 0. The van der Waals surface area contributed by atoms with E-state index in [1.54, 1.807) is 6.07 Å². The minimum Gasteiger partial charge on any atom is -0.548 e. The van der Waals surface area contributed by atoms with E-state index in [2.05, 4.69) is 15.6 Å². The Morgan fingerprint density at radius 3 is 2.49 bits per heavy atom. The molecule has 1 aromatic heterocycles. The molecule has 2 aliphatic rings. The largest absolute Gasteiger partial charge is 1.00 e. The third-order valence-corrected chi connectivity index (χ3v) is 7.40. The maximum absolute atomic E-state index is 13.1. The number of nitrogens with zero attached hydrogens (tertiary/aromatic N) is 2. The van der Waals surface area contributed by atoms with Gasteiger partial charge in [0.25, 0.3) is 5.91 Å². The van der Waals surface area contributed by atoms with Gasteiger partial charge in [-0.1, -0.05) is 12.8 Å². The smallest absolute Gasteiger partial charge is 0.548 e. The summed E-state index contributed by atoms with van der Waals surface area (Å²) in [6.45, 7) is 0.399. The van der Waals surface area contributed by atoms with E-state index in [9.17, 15) is 34.2 Å². The molecular formula is C26H36N5NaO7. The molecule has 13 heteroatoms. The van der Waals surface area contributed by atoms with Crippen molar-refractivity contribution in [3.8, 4) is 0 Å². The standard InChI is InChI=1S/C26H37N5O7.Na/c27-12-4-3-8-18(29-23(33)17-7-5-13-28-15-17)24(34)30-19(25(35)36)10-11-22(32)31-20-9-2-1-6-16(20)14-21(31)26(37)38;/h5,7,13,15-16,18-21H,1-4,6,8-12,14,27H2,(H,29,33)(H,30,34)(H,35,36)(H,37,38);/q;+1/p-1/t16-,18-,19+,20-,21-;/m0./s1. The van der Waals surface area contributed by atoms with Crippen LogP contribution in [-0.4, -0.2) is 75.4 Å². The quantitative estimate of drug-likeness (QED) is 0.142. The number of carboxylic acids is 2. The first kappa shape index (κ1) is 32.7. The van der Waals surface area contributed by atoms with Crippen LogP contribution in [0, 0.1) is 5.92 Å². The number of fused-ring (bicyclic) bond motifs is 1. The van der Waals surface area contributed by atoms with Crippen LogP contribution in [0.5, 0.6) is 0 Å². The second-order valence-electron chi connectivity index (χ2n) is 9.97. The number of carbonyl (C=O) groups is 5. The summed E-state index contributed by atoms with van der Waals surface area (Å²) in [6, 6.07) is -0.509. The SMILES string of the molecule is NCCCC[C@H](NC(=O)c1cccnc1)C(=O)N[C@H](CCC(=O)N1[C@H](C(=O)[O-])C[C@@H]2CCCC[C@@H]21)C(=O)O.[Na+]. The Bertz CT molecular complexity index is 1010. The Morgan fingerprint density at radius 2 is 1.85 bits per heavy atom. The van der Waals surface area contributed by atoms with Crippen molar-refractivity contribution in [1.29, 1.82) is 0 Å². The fourth-order valence-electron chi connectivity index (χ4n) is 5.46. The van der Waals surface area contributed by atoms with E-state index in [-0.39, 0.29) is 66.3 Å². The van der Waals surface area contributed by atoms with Gasteiger partial charge in [-0.25, -0.2) is 4.79 Å². The fourth-order valence-corrected chi connectivity index (χ4v) is 5.46. The number of aromatic nitrogens is 1. The molecule has 208 valence electrons. The summed E-state index contributed by atoms with van der Waals surface area (Å²) in [4.78, 5) is 67.6. The van der Waals surface area contributed by atoms with Gasteiger partial charge in [-0.05, 0) is 69.5 Å². The summed E-state index contributed by atoms with van der Waals surface area (Å²) in [5.74, 6) is -4.22. The third kappa shape index (κ3) is 8.99. The molecule has 0 bridgehead atoms. The van der Waals surface area contributed by atoms with Crippen molar-refractivity contribution in [2.24, 2.45) is 11.7 Å². The number of carbonyl (C=O) groups excluding carboxylic acids is 4. The summed E-state index contributed by atoms with van der Waals surface area (Å²) in [5.41, 5.74) is 5.79. The molecule has 1 aliphatic heterocycles. The van der Waals surface area contributed by atoms with Crippen LogP contribution in [0.25, 0.3) is 0 Å². The number of nitrogens with two attached hydrogens (primary N) is 1. The van der Waals surface area contributed by atoms with Gasteiger partial charge in [-0.15, -0.1) is 0 Å². The summed E-state index contributed by atoms with van der Waals surface area (Å²) in [6.07, 6.45) is 7.56. The molecule has 3 rings (SSSR count). The molecule has 39 heavy (non-hydrogen) atoms. The first-order valence-corrected chi connectivity index (χ1v) is 13.2. The molecule has 0 aromatic carbocycles. The van der Waals surface area contributed by atoms with E-state index in [0.29, 0.717) is 32.2 Å². The molecule has 5 N–H and O–H groups in total. The van der Waals surface area contributed by atoms with Crippen molar-refractivity contribution in [2.45, 2.75) is 88.4 Å². The van der Waals surface area contributed by atoms with Crippen LogP contribution < -0.4 is 51.0 Å². The molecule has 12 nitrogen and oxygen atoms in total. The summed E-state index contributed by atoms with van der Waals surface area (Å²) in [7, 11) is 0. The van der Waals surface area contributed by atoms with Gasteiger partial charge in [0.05, 0.1) is 17.6 Å². The van der Waals surface area contributed by atoms with E-state index in [1.165, 1.54) is 23.4 Å². The van der Waals surface area contributed by atoms with Crippen molar-refractivity contribution in [2.75, 3.05) is 6.54 Å². The number of carboxylic acid groups (broad SMARTS) is 2. The Labute approximate surface area is 249 Å². The van der Waals surface area contributed by atoms with Crippen LogP contribution in [-0.2, 0) is 19.2 Å². The summed E-state index contributed by atoms with van der Waals surface area (Å²) < 4.78 is 0. The Kier molecular flexibility index (Phi) is 13.3. The number of amides is 3. The van der Waals surface area contributed by atoms with Crippen LogP contribution in [0.2, 0.25) is 0 Å². The van der Waals surface area contributed by atoms with Gasteiger partial charge in [0.1, 0.15) is 12.1 Å². The van der Waals surface area contributed by atoms with E-state index in [4.69, 9.17) is 5.73 Å². The zero-order valence-electron chi connectivity index (χ0n) is 22.3. The average Bonchev–Trinajstić information content (AvgIpc) is 3.30. The van der Waals surface area contributed by atoms with Gasteiger partial charge >= 0.3 is 35.5 Å². The Balaban J connectivity index is 0.00000533. The van der Waals surface area contributed by atoms with Crippen molar-refractivity contribution in [1.82, 2.24) is 20.5 Å². The van der Waals surface area contributed by atoms with Gasteiger partial charge in [-0.2, -0.15) is 0 Å². The number of hydrogen-bond donors (Lipinski definition) is 4. The van der Waals surface area contributed by atoms with Gasteiger partial charge in [0.15, 0.2) is 0 Å². The summed E-state index contributed by atoms with van der Waals surface area (Å²) in [5, 5.41) is 26.5. The van der Waals surface area contributed by atoms with E-state index in [0.717, 1.165) is 19.3 Å². The van der Waals surface area contributed by atoms with Crippen LogP contribution in [0.15, 0.2) is 24.5 Å². The number of pyridine rings is 1. The zero-order chi connectivity index (χ0) is 27.7. The average molecular weight is 554 g/mol. The predicted molar refractivity (Wildman–Crippen MR) is 133 cm³/mol. The number of rotatable bonds is 13. The molecule has 1 aromatic rings. The number of nitrogens with one attached hydrogen (secondary N) is 2. The van der Waals surface area contributed by atoms with E-state index in [1.807, 2.05) is 0 Å². The zero-order valence-corrected chi connectivity index (χ0v) is 24.3. The maximum atomic E-state index is 13.1. The Morgan fingerprint density at radius 1 is 1.10 bits per heavy atom. The van der Waals surface area contributed by atoms with Gasteiger partial charge in [0, 0.05) is 24.9 Å². The molecule has 0 radical (unpaired) electrons. The van der Waals surface area contributed by atoms with E-state index < -0.39 is 47.8 Å². The second-order valence-corrected chi connectivity index (χ2v) is 9.97. The van der Waals surface area contributed by atoms with Crippen LogP contribution >= 0.6 is 0 Å². The molecular weight excluding hydrogens is 517 g/mol. The number of likely N-dealkylation sites (tertiary alicyclic amines) is 1. The molecule has 0 unspecified atom stereocenters. The molecule has 2 fully saturated rings. The normalized spacial score (nSPS) is 21.6. The first-order chi connectivity index (χ1) is 18.2. The van der Waals surface area contributed by atoms with Gasteiger partial charge in [-0.3, -0.25) is 19.4 Å². The Hall–Kier alpha value is -2.54. The number of unbranched alkanes of at least 4 members (excludes halogenated alkanes) is 1.